The molecule has 0 aliphatic carbocycles. The molecule has 29 heavy (non-hydrogen) atoms. The molecule has 148 valence electrons. The Balaban J connectivity index is 1.53. The van der Waals surface area contributed by atoms with Crippen LogP contribution in [0.5, 0.6) is 0 Å². The first-order chi connectivity index (χ1) is 14.1. The van der Waals surface area contributed by atoms with Crippen molar-refractivity contribution in [2.45, 2.75) is 38.3 Å². The van der Waals surface area contributed by atoms with Gasteiger partial charge in [-0.2, -0.15) is 0 Å². The Morgan fingerprint density at radius 3 is 2.38 bits per heavy atom. The van der Waals surface area contributed by atoms with Crippen LogP contribution in [0.25, 0.3) is 0 Å². The zero-order valence-corrected chi connectivity index (χ0v) is 16.5. The van der Waals surface area contributed by atoms with E-state index in [1.54, 1.807) is 0 Å². The third-order valence-corrected chi connectivity index (χ3v) is 6.99. The number of aryl methyl sites for hydroxylation is 1. The molecule has 5 atom stereocenters. The summed E-state index contributed by atoms with van der Waals surface area (Å²) in [5.41, 5.74) is 2.41. The average Bonchev–Trinajstić information content (AvgIpc) is 3.40. The number of carbonyl (C=O) groups excluding carboxylic acids is 3. The topological polar surface area (TPSA) is 58.9 Å². The molecule has 0 saturated carbocycles. The van der Waals surface area contributed by atoms with E-state index in [1.165, 1.54) is 4.90 Å². The van der Waals surface area contributed by atoms with Gasteiger partial charge in [0, 0.05) is 18.4 Å². The Morgan fingerprint density at radius 2 is 1.69 bits per heavy atom. The molecule has 3 aliphatic heterocycles. The first-order valence-electron chi connectivity index (χ1n) is 10.5. The van der Waals surface area contributed by atoms with Gasteiger partial charge in [0.1, 0.15) is 17.9 Å². The summed E-state index contributed by atoms with van der Waals surface area (Å²) in [6.07, 6.45) is 2.80. The van der Waals surface area contributed by atoms with Crippen LogP contribution in [-0.4, -0.2) is 36.2 Å². The minimum Gasteiger partial charge on any atom is -0.322 e. The van der Waals surface area contributed by atoms with Gasteiger partial charge < -0.3 is 4.90 Å². The summed E-state index contributed by atoms with van der Waals surface area (Å²) in [5.74, 6) is -1.29. The van der Waals surface area contributed by atoms with Crippen LogP contribution in [0.2, 0.25) is 0 Å². The molecule has 0 aromatic heterocycles. The summed E-state index contributed by atoms with van der Waals surface area (Å²) in [7, 11) is 0. The summed E-state index contributed by atoms with van der Waals surface area (Å²) in [6.45, 7) is 2.93. The lowest BCUT2D eigenvalue weighted by atomic mass is 9.85. The third-order valence-electron chi connectivity index (χ3n) is 6.99. The lowest BCUT2D eigenvalue weighted by Gasteiger charge is -2.25. The number of anilines is 1. The van der Waals surface area contributed by atoms with Crippen molar-refractivity contribution in [2.24, 2.45) is 11.8 Å². The number of rotatable bonds is 4. The average molecular weight is 389 g/mol. The fraction of sp³-hybridized carbons (Fsp3) is 0.375. The maximum atomic E-state index is 13.5. The number of nitrogens with zero attached hydrogens (tertiary/aromatic N) is 1. The summed E-state index contributed by atoms with van der Waals surface area (Å²) in [4.78, 5) is 42.7. The number of ketones is 1. The summed E-state index contributed by atoms with van der Waals surface area (Å²) in [5, 5.41) is 0. The largest absolute Gasteiger partial charge is 0.322 e. The minimum absolute atomic E-state index is 0.00988. The van der Waals surface area contributed by atoms with E-state index in [9.17, 15) is 14.4 Å². The first kappa shape index (κ1) is 18.3. The highest BCUT2D eigenvalue weighted by molar-refractivity contribution is 6.24. The predicted octanol–water partition coefficient (Wildman–Crippen LogP) is 1.67. The molecule has 0 spiro atoms. The van der Waals surface area contributed by atoms with E-state index in [0.717, 1.165) is 36.3 Å². The number of hydrogen-bond acceptors (Lipinski definition) is 3. The second-order valence-corrected chi connectivity index (χ2v) is 8.37. The number of quaternary nitrogens is 1. The number of amides is 2. The van der Waals surface area contributed by atoms with Crippen LogP contribution in [0.15, 0.2) is 54.6 Å². The predicted molar refractivity (Wildman–Crippen MR) is 109 cm³/mol. The Hall–Kier alpha value is -2.79. The smallest absolute Gasteiger partial charge is 0.244 e. The highest BCUT2D eigenvalue weighted by Gasteiger charge is 2.68. The number of imide groups is 1. The molecule has 5 heteroatoms. The molecular formula is C24H25N2O3+. The molecule has 1 unspecified atom stereocenters. The molecule has 0 radical (unpaired) electrons. The zero-order valence-electron chi connectivity index (χ0n) is 16.5. The van der Waals surface area contributed by atoms with Crippen LogP contribution in [0, 0.1) is 11.8 Å². The number of Topliss-reactive ketones (excluding diaryl/α,β-unsaturated/α-hetero) is 1. The number of carbonyl (C=O) groups is 3. The van der Waals surface area contributed by atoms with Crippen LogP contribution in [0.4, 0.5) is 5.69 Å². The lowest BCUT2D eigenvalue weighted by molar-refractivity contribution is -0.915. The second-order valence-electron chi connectivity index (χ2n) is 8.37. The second kappa shape index (κ2) is 6.92. The van der Waals surface area contributed by atoms with Gasteiger partial charge in [0.15, 0.2) is 6.04 Å². The van der Waals surface area contributed by atoms with Crippen molar-refractivity contribution in [2.75, 3.05) is 11.4 Å². The standard InChI is InChI=1S/C24H24N2O3/c1-2-15-10-12-17(13-11-15)26-23(28)19-18-9-6-14-25(18)21(20(19)24(26)29)22(27)16-7-4-3-5-8-16/h3-5,7-8,10-13,18-21H,2,6,9,14H2,1H3/p+1/t18-,19-,20-,21+/m1/s1. The van der Waals surface area contributed by atoms with Crippen molar-refractivity contribution in [3.05, 3.63) is 65.7 Å². The van der Waals surface area contributed by atoms with Gasteiger partial charge in [0.2, 0.25) is 17.6 Å². The highest BCUT2D eigenvalue weighted by Crippen LogP contribution is 2.40. The van der Waals surface area contributed by atoms with Crippen molar-refractivity contribution in [1.82, 2.24) is 0 Å². The molecule has 5 rings (SSSR count). The van der Waals surface area contributed by atoms with Crippen LogP contribution >= 0.6 is 0 Å². The van der Waals surface area contributed by atoms with Gasteiger partial charge in [-0.3, -0.25) is 14.4 Å². The molecule has 3 saturated heterocycles. The van der Waals surface area contributed by atoms with Gasteiger partial charge in [0.25, 0.3) is 0 Å². The summed E-state index contributed by atoms with van der Waals surface area (Å²) in [6, 6.07) is 16.4. The number of nitrogens with one attached hydrogen (secondary N) is 1. The highest BCUT2D eigenvalue weighted by atomic mass is 16.2. The van der Waals surface area contributed by atoms with E-state index < -0.39 is 12.0 Å². The Bertz CT molecular complexity index is 969. The van der Waals surface area contributed by atoms with E-state index >= 15 is 0 Å². The van der Waals surface area contributed by atoms with Crippen molar-refractivity contribution in [3.8, 4) is 0 Å². The maximum Gasteiger partial charge on any atom is 0.244 e. The van der Waals surface area contributed by atoms with Crippen molar-refractivity contribution in [1.29, 1.82) is 0 Å². The van der Waals surface area contributed by atoms with E-state index in [0.29, 0.717) is 11.3 Å². The molecule has 3 heterocycles. The van der Waals surface area contributed by atoms with Crippen LogP contribution < -0.4 is 9.80 Å². The molecule has 2 aromatic carbocycles. The van der Waals surface area contributed by atoms with E-state index in [1.807, 2.05) is 54.6 Å². The Morgan fingerprint density at radius 1 is 1.00 bits per heavy atom. The molecular weight excluding hydrogens is 364 g/mol. The van der Waals surface area contributed by atoms with E-state index in [-0.39, 0.29) is 29.6 Å². The van der Waals surface area contributed by atoms with Crippen LogP contribution in [-0.2, 0) is 16.0 Å². The van der Waals surface area contributed by atoms with Crippen molar-refractivity contribution >= 4 is 23.3 Å². The van der Waals surface area contributed by atoms with Crippen LogP contribution in [0.1, 0.15) is 35.7 Å². The third kappa shape index (κ3) is 2.68. The molecule has 5 nitrogen and oxygen atoms in total. The molecule has 0 bridgehead atoms. The van der Waals surface area contributed by atoms with Gasteiger partial charge >= 0.3 is 0 Å². The fourth-order valence-electron chi connectivity index (χ4n) is 5.66. The molecule has 2 amide bonds. The molecule has 2 aromatic rings. The summed E-state index contributed by atoms with van der Waals surface area (Å²) >= 11 is 0. The monoisotopic (exact) mass is 389 g/mol. The van der Waals surface area contributed by atoms with E-state index in [4.69, 9.17) is 0 Å². The maximum absolute atomic E-state index is 13.5. The van der Waals surface area contributed by atoms with Gasteiger partial charge in [-0.05, 0) is 24.1 Å². The van der Waals surface area contributed by atoms with Crippen LogP contribution in [0.3, 0.4) is 0 Å². The van der Waals surface area contributed by atoms with Gasteiger partial charge in [-0.25, -0.2) is 4.90 Å². The van der Waals surface area contributed by atoms with Gasteiger partial charge in [0.05, 0.1) is 12.2 Å². The SMILES string of the molecule is CCc1ccc(N2C(=O)[C@@H]3[C@H](C2=O)[C@H]2CCC[NH+]2[C@@H]3C(=O)c2ccccc2)cc1. The Kier molecular flexibility index (Phi) is 4.36. The zero-order chi connectivity index (χ0) is 20.1. The number of hydrogen-bond donors (Lipinski definition) is 1. The molecule has 3 fully saturated rings. The van der Waals surface area contributed by atoms with Crippen molar-refractivity contribution in [3.63, 3.8) is 0 Å². The Labute approximate surface area is 170 Å². The number of benzene rings is 2. The van der Waals surface area contributed by atoms with Crippen molar-refractivity contribution < 1.29 is 19.3 Å². The normalized spacial score (nSPS) is 30.5. The first-order valence-corrected chi connectivity index (χ1v) is 10.5. The summed E-state index contributed by atoms with van der Waals surface area (Å²) < 4.78 is 0. The molecule has 1 N–H and O–H groups in total. The minimum atomic E-state index is -0.554. The van der Waals surface area contributed by atoms with Gasteiger partial charge in [-0.1, -0.05) is 49.4 Å². The molecule has 3 aliphatic rings. The fourth-order valence-corrected chi connectivity index (χ4v) is 5.66. The quantitative estimate of drug-likeness (QED) is 0.639. The number of fused-ring (bicyclic) bond motifs is 3. The van der Waals surface area contributed by atoms with Gasteiger partial charge in [-0.15, -0.1) is 0 Å². The lowest BCUT2D eigenvalue weighted by Crippen LogP contribution is -3.16. The van der Waals surface area contributed by atoms with E-state index in [2.05, 4.69) is 6.92 Å².